The molecule has 0 saturated heterocycles. The SMILES string of the molecule is CCCn1cc(S(N)(=O)=O)cc1CO. The maximum atomic E-state index is 11.0. The minimum atomic E-state index is -3.66. The topological polar surface area (TPSA) is 85.3 Å². The molecular formula is C8H14N2O3S. The predicted molar refractivity (Wildman–Crippen MR) is 52.0 cm³/mol. The van der Waals surface area contributed by atoms with Gasteiger partial charge in [-0.2, -0.15) is 0 Å². The number of rotatable bonds is 4. The standard InChI is InChI=1S/C8H14N2O3S/c1-2-3-10-5-8(14(9,12)13)4-7(10)6-11/h4-5,11H,2-3,6H2,1H3,(H2,9,12,13). The van der Waals surface area contributed by atoms with Gasteiger partial charge in [0.2, 0.25) is 10.0 Å². The largest absolute Gasteiger partial charge is 0.390 e. The van der Waals surface area contributed by atoms with E-state index in [0.29, 0.717) is 12.2 Å². The molecule has 0 aliphatic rings. The summed E-state index contributed by atoms with van der Waals surface area (Å²) in [5.74, 6) is 0. The fourth-order valence-corrected chi connectivity index (χ4v) is 1.84. The fourth-order valence-electron chi connectivity index (χ4n) is 1.26. The van der Waals surface area contributed by atoms with E-state index in [0.717, 1.165) is 6.42 Å². The van der Waals surface area contributed by atoms with Gasteiger partial charge in [0.1, 0.15) is 0 Å². The number of aliphatic hydroxyl groups is 1. The molecule has 0 bridgehead atoms. The van der Waals surface area contributed by atoms with Crippen LogP contribution in [0.15, 0.2) is 17.2 Å². The Bertz CT molecular complexity index is 408. The Labute approximate surface area is 83.2 Å². The van der Waals surface area contributed by atoms with Gasteiger partial charge in [-0.05, 0) is 12.5 Å². The monoisotopic (exact) mass is 218 g/mol. The number of nitrogens with zero attached hydrogens (tertiary/aromatic N) is 1. The molecule has 0 amide bonds. The van der Waals surface area contributed by atoms with Gasteiger partial charge in [-0.3, -0.25) is 0 Å². The van der Waals surface area contributed by atoms with Crippen molar-refractivity contribution in [1.29, 1.82) is 0 Å². The molecular weight excluding hydrogens is 204 g/mol. The van der Waals surface area contributed by atoms with Gasteiger partial charge in [-0.1, -0.05) is 6.92 Å². The van der Waals surface area contributed by atoms with Crippen LogP contribution in [0.1, 0.15) is 19.0 Å². The summed E-state index contributed by atoms with van der Waals surface area (Å²) in [6, 6.07) is 1.39. The highest BCUT2D eigenvalue weighted by Gasteiger charge is 2.12. The Hall–Kier alpha value is -0.850. The van der Waals surface area contributed by atoms with Gasteiger partial charge in [0, 0.05) is 18.4 Å². The lowest BCUT2D eigenvalue weighted by Crippen LogP contribution is -2.11. The number of hydrogen-bond donors (Lipinski definition) is 2. The van der Waals surface area contributed by atoms with E-state index in [1.807, 2.05) is 6.92 Å². The Balaban J connectivity index is 3.13. The van der Waals surface area contributed by atoms with Gasteiger partial charge in [0.05, 0.1) is 11.5 Å². The normalized spacial score (nSPS) is 11.9. The van der Waals surface area contributed by atoms with Crippen molar-refractivity contribution in [3.05, 3.63) is 18.0 Å². The molecule has 3 N–H and O–H groups in total. The van der Waals surface area contributed by atoms with Crippen molar-refractivity contribution in [2.45, 2.75) is 31.4 Å². The van der Waals surface area contributed by atoms with E-state index < -0.39 is 10.0 Å². The molecule has 1 rings (SSSR count). The lowest BCUT2D eigenvalue weighted by Gasteiger charge is -2.03. The molecule has 5 nitrogen and oxygen atoms in total. The molecule has 0 fully saturated rings. The van der Waals surface area contributed by atoms with Gasteiger partial charge >= 0.3 is 0 Å². The van der Waals surface area contributed by atoms with Crippen molar-refractivity contribution in [3.8, 4) is 0 Å². The lowest BCUT2D eigenvalue weighted by molar-refractivity contribution is 0.270. The number of aromatic nitrogens is 1. The molecule has 0 aliphatic heterocycles. The highest BCUT2D eigenvalue weighted by molar-refractivity contribution is 7.89. The van der Waals surface area contributed by atoms with Gasteiger partial charge in [0.25, 0.3) is 0 Å². The van der Waals surface area contributed by atoms with Crippen LogP contribution in [-0.4, -0.2) is 18.1 Å². The summed E-state index contributed by atoms with van der Waals surface area (Å²) in [6.07, 6.45) is 2.32. The molecule has 0 aromatic carbocycles. The summed E-state index contributed by atoms with van der Waals surface area (Å²) in [7, 11) is -3.66. The number of aliphatic hydroxyl groups excluding tert-OH is 1. The Morgan fingerprint density at radius 3 is 2.64 bits per heavy atom. The van der Waals surface area contributed by atoms with Crippen LogP contribution in [0.2, 0.25) is 0 Å². The van der Waals surface area contributed by atoms with Crippen LogP contribution in [0.25, 0.3) is 0 Å². The van der Waals surface area contributed by atoms with E-state index in [1.165, 1.54) is 12.3 Å². The Morgan fingerprint density at radius 2 is 2.21 bits per heavy atom. The zero-order valence-electron chi connectivity index (χ0n) is 7.97. The predicted octanol–water partition coefficient (Wildman–Crippen LogP) is 0.0378. The van der Waals surface area contributed by atoms with E-state index in [4.69, 9.17) is 10.2 Å². The summed E-state index contributed by atoms with van der Waals surface area (Å²) in [6.45, 7) is 2.46. The molecule has 0 saturated carbocycles. The molecule has 0 unspecified atom stereocenters. The van der Waals surface area contributed by atoms with E-state index in [2.05, 4.69) is 0 Å². The van der Waals surface area contributed by atoms with Crippen LogP contribution in [0.5, 0.6) is 0 Å². The molecule has 14 heavy (non-hydrogen) atoms. The smallest absolute Gasteiger partial charge is 0.239 e. The van der Waals surface area contributed by atoms with Crippen molar-refractivity contribution in [2.24, 2.45) is 5.14 Å². The molecule has 1 aromatic rings. The molecule has 0 atom stereocenters. The zero-order chi connectivity index (χ0) is 10.8. The third-order valence-corrected chi connectivity index (χ3v) is 2.80. The maximum absolute atomic E-state index is 11.0. The van der Waals surface area contributed by atoms with Crippen LogP contribution >= 0.6 is 0 Å². The maximum Gasteiger partial charge on any atom is 0.239 e. The van der Waals surface area contributed by atoms with E-state index >= 15 is 0 Å². The molecule has 0 radical (unpaired) electrons. The minimum Gasteiger partial charge on any atom is -0.390 e. The summed E-state index contributed by atoms with van der Waals surface area (Å²) in [5.41, 5.74) is 0.566. The number of aryl methyl sites for hydroxylation is 1. The first kappa shape index (κ1) is 11.2. The third kappa shape index (κ3) is 2.34. The average Bonchev–Trinajstić information content (AvgIpc) is 2.47. The Kier molecular flexibility index (Phi) is 3.30. The van der Waals surface area contributed by atoms with Crippen LogP contribution in [-0.2, 0) is 23.2 Å². The molecule has 1 heterocycles. The first-order valence-corrected chi connectivity index (χ1v) is 5.86. The highest BCUT2D eigenvalue weighted by Crippen LogP contribution is 2.13. The highest BCUT2D eigenvalue weighted by atomic mass is 32.2. The van der Waals surface area contributed by atoms with Crippen LogP contribution in [0.4, 0.5) is 0 Å². The van der Waals surface area contributed by atoms with Crippen LogP contribution in [0, 0.1) is 0 Å². The van der Waals surface area contributed by atoms with Crippen LogP contribution in [0.3, 0.4) is 0 Å². The number of hydrogen-bond acceptors (Lipinski definition) is 3. The molecule has 0 spiro atoms. The van der Waals surface area contributed by atoms with Gasteiger partial charge in [-0.15, -0.1) is 0 Å². The van der Waals surface area contributed by atoms with Crippen molar-refractivity contribution in [2.75, 3.05) is 0 Å². The summed E-state index contributed by atoms with van der Waals surface area (Å²) < 4.78 is 23.7. The van der Waals surface area contributed by atoms with E-state index in [1.54, 1.807) is 4.57 Å². The second-order valence-electron chi connectivity index (χ2n) is 3.06. The fraction of sp³-hybridized carbons (Fsp3) is 0.500. The van der Waals surface area contributed by atoms with Crippen molar-refractivity contribution in [3.63, 3.8) is 0 Å². The Morgan fingerprint density at radius 1 is 1.57 bits per heavy atom. The van der Waals surface area contributed by atoms with Crippen LogP contribution < -0.4 is 5.14 Å². The van der Waals surface area contributed by atoms with Gasteiger partial charge in [0.15, 0.2) is 0 Å². The molecule has 6 heteroatoms. The lowest BCUT2D eigenvalue weighted by atomic mass is 10.4. The quantitative estimate of drug-likeness (QED) is 0.748. The van der Waals surface area contributed by atoms with E-state index in [-0.39, 0.29) is 11.5 Å². The number of sulfonamides is 1. The van der Waals surface area contributed by atoms with Crippen molar-refractivity contribution < 1.29 is 13.5 Å². The average molecular weight is 218 g/mol. The van der Waals surface area contributed by atoms with Crippen molar-refractivity contribution in [1.82, 2.24) is 4.57 Å². The second-order valence-corrected chi connectivity index (χ2v) is 4.63. The minimum absolute atomic E-state index is 0.0509. The molecule has 0 aliphatic carbocycles. The van der Waals surface area contributed by atoms with E-state index in [9.17, 15) is 8.42 Å². The van der Waals surface area contributed by atoms with Crippen molar-refractivity contribution >= 4 is 10.0 Å². The first-order valence-electron chi connectivity index (χ1n) is 4.31. The third-order valence-electron chi connectivity index (χ3n) is 1.92. The summed E-state index contributed by atoms with van der Waals surface area (Å²) in [5, 5.41) is 13.9. The number of nitrogens with two attached hydrogens (primary N) is 1. The van der Waals surface area contributed by atoms with Gasteiger partial charge < -0.3 is 9.67 Å². The van der Waals surface area contributed by atoms with Gasteiger partial charge in [-0.25, -0.2) is 13.6 Å². The number of primary sulfonamides is 1. The summed E-state index contributed by atoms with van der Waals surface area (Å²) in [4.78, 5) is 0.0509. The first-order chi connectivity index (χ1) is 6.49. The molecule has 80 valence electrons. The second kappa shape index (κ2) is 4.12. The molecule has 1 aromatic heterocycles. The zero-order valence-corrected chi connectivity index (χ0v) is 8.79. The summed E-state index contributed by atoms with van der Waals surface area (Å²) >= 11 is 0.